The minimum absolute atomic E-state index is 0.0846. The fourth-order valence-electron chi connectivity index (χ4n) is 10.4. The third-order valence-electron chi connectivity index (χ3n) is 12.0. The standard InChI is InChI=1S/C42H32N4O/c1-2-7-26(8-3-1)39-44-40(46-41(45-39)33-11-6-10-32-31-9-4-5-12-37(31)47-38(32)33)27-13-14-35-34(22-27)30-15-16-43-23-36(30)42(35)28-18-24-17-25(20-28)21-29(42)19-24/h1-16,22-25,28-29H,17-21H2. The van der Waals surface area contributed by atoms with E-state index in [-0.39, 0.29) is 5.41 Å². The van der Waals surface area contributed by atoms with Crippen LogP contribution in [0.25, 0.3) is 67.2 Å². The SMILES string of the molecule is c1ccc(-c2nc(-c3ccc4c(c3)-c3ccncc3C43C4CC5CC(C4)CC3C5)nc(-c3cccc4c3oc3ccccc34)n2)cc1. The van der Waals surface area contributed by atoms with Crippen molar-refractivity contribution in [3.05, 3.63) is 121 Å². The molecule has 0 radical (unpaired) electrons. The molecule has 0 saturated heterocycles. The van der Waals surface area contributed by atoms with Gasteiger partial charge in [0.2, 0.25) is 0 Å². The van der Waals surface area contributed by atoms with Crippen LogP contribution in [0.3, 0.4) is 0 Å². The summed E-state index contributed by atoms with van der Waals surface area (Å²) in [5, 5.41) is 2.15. The lowest BCUT2D eigenvalue weighted by atomic mass is 9.43. The molecular weight excluding hydrogens is 576 g/mol. The van der Waals surface area contributed by atoms with E-state index in [0.29, 0.717) is 29.3 Å². The van der Waals surface area contributed by atoms with Crippen LogP contribution in [0.15, 0.2) is 114 Å². The van der Waals surface area contributed by atoms with Gasteiger partial charge < -0.3 is 4.42 Å². The van der Waals surface area contributed by atoms with Gasteiger partial charge in [-0.2, -0.15) is 0 Å². The second-order valence-corrected chi connectivity index (χ2v) is 14.3. The predicted molar refractivity (Wildman–Crippen MR) is 184 cm³/mol. The van der Waals surface area contributed by atoms with Crippen LogP contribution in [0, 0.1) is 23.7 Å². The number of fused-ring (bicyclic) bond motifs is 6. The molecule has 7 aromatic rings. The Hall–Kier alpha value is -5.16. The highest BCUT2D eigenvalue weighted by atomic mass is 16.3. The number of hydrogen-bond donors (Lipinski definition) is 0. The van der Waals surface area contributed by atoms with Crippen molar-refractivity contribution in [3.63, 3.8) is 0 Å². The van der Waals surface area contributed by atoms with Crippen LogP contribution < -0.4 is 0 Å². The maximum absolute atomic E-state index is 6.43. The monoisotopic (exact) mass is 608 g/mol. The summed E-state index contributed by atoms with van der Waals surface area (Å²) in [4.78, 5) is 20.1. The number of rotatable bonds is 3. The van der Waals surface area contributed by atoms with E-state index in [4.69, 9.17) is 24.4 Å². The molecule has 5 heteroatoms. The zero-order chi connectivity index (χ0) is 30.7. The largest absolute Gasteiger partial charge is 0.455 e. The van der Waals surface area contributed by atoms with Gasteiger partial charge in [-0.3, -0.25) is 4.98 Å². The third kappa shape index (κ3) is 3.54. The van der Waals surface area contributed by atoms with Crippen molar-refractivity contribution >= 4 is 21.9 Å². The molecule has 3 heterocycles. The first-order valence-electron chi connectivity index (χ1n) is 17.1. The third-order valence-corrected chi connectivity index (χ3v) is 12.0. The number of pyridine rings is 1. The summed E-state index contributed by atoms with van der Waals surface area (Å²) < 4.78 is 6.43. The van der Waals surface area contributed by atoms with Gasteiger partial charge in [0.25, 0.3) is 0 Å². The maximum Gasteiger partial charge on any atom is 0.167 e. The molecule has 0 unspecified atom stereocenters. The molecular formula is C42H32N4O. The van der Waals surface area contributed by atoms with Crippen molar-refractivity contribution in [3.8, 4) is 45.3 Å². The Kier molecular flexibility index (Phi) is 5.22. The highest BCUT2D eigenvalue weighted by Gasteiger charge is 2.61. The fraction of sp³-hybridized carbons (Fsp3) is 0.238. The van der Waals surface area contributed by atoms with E-state index in [9.17, 15) is 0 Å². The lowest BCUT2D eigenvalue weighted by Gasteiger charge is -2.61. The second kappa shape index (κ2) is 9.45. The molecule has 0 aliphatic heterocycles. The summed E-state index contributed by atoms with van der Waals surface area (Å²) in [6, 6.07) is 33.9. The molecule has 4 bridgehead atoms. The molecule has 4 aromatic carbocycles. The molecule has 4 saturated carbocycles. The molecule has 226 valence electrons. The van der Waals surface area contributed by atoms with Gasteiger partial charge in [0.1, 0.15) is 11.2 Å². The lowest BCUT2D eigenvalue weighted by molar-refractivity contribution is -0.0400. The van der Waals surface area contributed by atoms with Gasteiger partial charge in [0.15, 0.2) is 17.5 Å². The number of nitrogens with zero attached hydrogens (tertiary/aromatic N) is 4. The van der Waals surface area contributed by atoms with Crippen LogP contribution in [0.2, 0.25) is 0 Å². The average molecular weight is 609 g/mol. The Morgan fingerprint density at radius 1 is 0.553 bits per heavy atom. The molecule has 0 atom stereocenters. The Bertz CT molecular complexity index is 2360. The van der Waals surface area contributed by atoms with Crippen LogP contribution >= 0.6 is 0 Å². The molecule has 5 nitrogen and oxygen atoms in total. The summed E-state index contributed by atoms with van der Waals surface area (Å²) >= 11 is 0. The van der Waals surface area contributed by atoms with Crippen molar-refractivity contribution in [2.45, 2.75) is 37.5 Å². The normalized spacial score (nSPS) is 25.1. The quantitative estimate of drug-likeness (QED) is 0.200. The van der Waals surface area contributed by atoms with Gasteiger partial charge in [-0.15, -0.1) is 0 Å². The maximum atomic E-state index is 6.43. The highest BCUT2D eigenvalue weighted by molar-refractivity contribution is 6.09. The number of para-hydroxylation sites is 2. The van der Waals surface area contributed by atoms with Crippen LogP contribution in [-0.4, -0.2) is 19.9 Å². The number of benzene rings is 4. The summed E-state index contributed by atoms with van der Waals surface area (Å²) in [6.07, 6.45) is 11.0. The van der Waals surface area contributed by atoms with E-state index in [2.05, 4.69) is 66.9 Å². The van der Waals surface area contributed by atoms with Crippen LogP contribution in [-0.2, 0) is 5.41 Å². The van der Waals surface area contributed by atoms with Gasteiger partial charge in [-0.1, -0.05) is 72.8 Å². The molecule has 3 aromatic heterocycles. The molecule has 47 heavy (non-hydrogen) atoms. The Labute approximate surface area is 272 Å². The Morgan fingerprint density at radius 3 is 2.11 bits per heavy atom. The second-order valence-electron chi connectivity index (χ2n) is 14.3. The highest BCUT2D eigenvalue weighted by Crippen LogP contribution is 2.69. The zero-order valence-corrected chi connectivity index (χ0v) is 25.9. The minimum atomic E-state index is 0.0846. The van der Waals surface area contributed by atoms with Crippen LogP contribution in [0.4, 0.5) is 0 Å². The van der Waals surface area contributed by atoms with Gasteiger partial charge in [0, 0.05) is 39.7 Å². The van der Waals surface area contributed by atoms with E-state index >= 15 is 0 Å². The topological polar surface area (TPSA) is 64.7 Å². The molecule has 12 rings (SSSR count). The molecule has 1 spiro atoms. The van der Waals surface area contributed by atoms with Crippen molar-refractivity contribution < 1.29 is 4.42 Å². The summed E-state index contributed by atoms with van der Waals surface area (Å²) in [5.74, 6) is 5.15. The number of hydrogen-bond acceptors (Lipinski definition) is 5. The Morgan fingerprint density at radius 2 is 1.28 bits per heavy atom. The molecule has 0 N–H and O–H groups in total. The molecule has 0 amide bonds. The van der Waals surface area contributed by atoms with Crippen molar-refractivity contribution in [2.75, 3.05) is 0 Å². The fourth-order valence-corrected chi connectivity index (χ4v) is 10.4. The van der Waals surface area contributed by atoms with Gasteiger partial charge in [0.05, 0.1) is 5.56 Å². The predicted octanol–water partition coefficient (Wildman–Crippen LogP) is 9.89. The molecule has 4 fully saturated rings. The summed E-state index contributed by atoms with van der Waals surface area (Å²) in [5.41, 5.74) is 10.2. The van der Waals surface area contributed by atoms with Crippen molar-refractivity contribution in [1.29, 1.82) is 0 Å². The average Bonchev–Trinajstić information content (AvgIpc) is 3.64. The van der Waals surface area contributed by atoms with E-state index in [1.807, 2.05) is 42.6 Å². The molecule has 5 aliphatic carbocycles. The number of aromatic nitrogens is 4. The van der Waals surface area contributed by atoms with E-state index in [1.54, 1.807) is 0 Å². The summed E-state index contributed by atoms with van der Waals surface area (Å²) in [6.45, 7) is 0. The minimum Gasteiger partial charge on any atom is -0.455 e. The van der Waals surface area contributed by atoms with Crippen LogP contribution in [0.5, 0.6) is 0 Å². The van der Waals surface area contributed by atoms with E-state index in [1.165, 1.54) is 54.4 Å². The smallest absolute Gasteiger partial charge is 0.167 e. The van der Waals surface area contributed by atoms with Gasteiger partial charge in [-0.05, 0) is 102 Å². The lowest BCUT2D eigenvalue weighted by Crippen LogP contribution is -2.55. The van der Waals surface area contributed by atoms with E-state index in [0.717, 1.165) is 50.5 Å². The first kappa shape index (κ1) is 26.0. The van der Waals surface area contributed by atoms with Gasteiger partial charge >= 0.3 is 0 Å². The molecule has 5 aliphatic rings. The van der Waals surface area contributed by atoms with Crippen LogP contribution in [0.1, 0.15) is 43.2 Å². The first-order valence-corrected chi connectivity index (χ1v) is 17.1. The van der Waals surface area contributed by atoms with E-state index < -0.39 is 0 Å². The van der Waals surface area contributed by atoms with Crippen molar-refractivity contribution in [1.82, 2.24) is 19.9 Å². The Balaban J connectivity index is 1.12. The number of furan rings is 1. The first-order chi connectivity index (χ1) is 23.2. The summed E-state index contributed by atoms with van der Waals surface area (Å²) in [7, 11) is 0. The van der Waals surface area contributed by atoms with Crippen molar-refractivity contribution in [2.24, 2.45) is 23.7 Å². The zero-order valence-electron chi connectivity index (χ0n) is 25.9. The van der Waals surface area contributed by atoms with Gasteiger partial charge in [-0.25, -0.2) is 15.0 Å².